The summed E-state index contributed by atoms with van der Waals surface area (Å²) in [6.07, 6.45) is 0.657. The first-order valence-corrected chi connectivity index (χ1v) is 8.39. The molecule has 2 aliphatic rings. The van der Waals surface area contributed by atoms with Crippen LogP contribution in [-0.2, 0) is 24.2 Å². The second-order valence-corrected chi connectivity index (χ2v) is 7.76. The zero-order valence-corrected chi connectivity index (χ0v) is 12.1. The summed E-state index contributed by atoms with van der Waals surface area (Å²) in [4.78, 5) is 24.6. The predicted octanol–water partition coefficient (Wildman–Crippen LogP) is -0.631. The summed E-state index contributed by atoms with van der Waals surface area (Å²) in [5.74, 6) is -1.86. The van der Waals surface area contributed by atoms with Gasteiger partial charge in [0.2, 0.25) is 5.91 Å². The summed E-state index contributed by atoms with van der Waals surface area (Å²) in [6.45, 7) is 0.317. The summed E-state index contributed by atoms with van der Waals surface area (Å²) < 4.78 is 27.9. The van der Waals surface area contributed by atoms with Crippen LogP contribution in [0, 0.1) is 11.8 Å². The number of aliphatic carboxylic acids is 1. The summed E-state index contributed by atoms with van der Waals surface area (Å²) >= 11 is 0. The number of carboxylic acids is 1. The number of hydrogen-bond donors (Lipinski definition) is 1. The van der Waals surface area contributed by atoms with E-state index in [-0.39, 0.29) is 43.0 Å². The Balaban J connectivity index is 1.94. The second-order valence-electron chi connectivity index (χ2n) is 5.53. The first-order chi connectivity index (χ1) is 9.30. The number of hydrogen-bond acceptors (Lipinski definition) is 5. The standard InChI is InChI=1S/C12H19NO6S/c1-13(10-6-19-5-9(10)12(15)16)11(14)4-8-2-3-20(17,18)7-8/h8-10H,2-7H2,1H3,(H,15,16). The maximum atomic E-state index is 12.1. The molecule has 114 valence electrons. The molecule has 0 spiro atoms. The Bertz CT molecular complexity index is 502. The van der Waals surface area contributed by atoms with Gasteiger partial charge in [0.1, 0.15) is 5.92 Å². The number of sulfone groups is 1. The fourth-order valence-electron chi connectivity index (χ4n) is 2.77. The number of rotatable bonds is 4. The van der Waals surface area contributed by atoms with Gasteiger partial charge in [0.25, 0.3) is 0 Å². The van der Waals surface area contributed by atoms with E-state index in [9.17, 15) is 18.0 Å². The third kappa shape index (κ3) is 3.29. The fraction of sp³-hybridized carbons (Fsp3) is 0.833. The number of nitrogens with zero attached hydrogens (tertiary/aromatic N) is 1. The third-order valence-corrected chi connectivity index (χ3v) is 5.89. The molecule has 0 aromatic carbocycles. The Morgan fingerprint density at radius 3 is 2.60 bits per heavy atom. The van der Waals surface area contributed by atoms with Crippen molar-refractivity contribution in [3.05, 3.63) is 0 Å². The van der Waals surface area contributed by atoms with Gasteiger partial charge in [0, 0.05) is 13.5 Å². The van der Waals surface area contributed by atoms with Crippen LogP contribution in [-0.4, -0.2) is 68.1 Å². The molecule has 0 aromatic heterocycles. The molecular weight excluding hydrogens is 286 g/mol. The quantitative estimate of drug-likeness (QED) is 0.742. The number of carbonyl (C=O) groups is 2. The van der Waals surface area contributed by atoms with E-state index in [0.717, 1.165) is 0 Å². The van der Waals surface area contributed by atoms with Gasteiger partial charge in [0.15, 0.2) is 9.84 Å². The molecule has 0 bridgehead atoms. The maximum absolute atomic E-state index is 12.1. The molecule has 2 rings (SSSR count). The zero-order valence-electron chi connectivity index (χ0n) is 11.3. The Hall–Kier alpha value is -1.15. The van der Waals surface area contributed by atoms with Gasteiger partial charge in [0.05, 0.1) is 30.8 Å². The van der Waals surface area contributed by atoms with Gasteiger partial charge in [-0.2, -0.15) is 0 Å². The molecule has 0 aliphatic carbocycles. The number of likely N-dealkylation sites (N-methyl/N-ethyl adjacent to an activating group) is 1. The topological polar surface area (TPSA) is 101 Å². The van der Waals surface area contributed by atoms with Gasteiger partial charge in [-0.15, -0.1) is 0 Å². The smallest absolute Gasteiger partial charge is 0.311 e. The third-order valence-electron chi connectivity index (χ3n) is 4.05. The van der Waals surface area contributed by atoms with Crippen molar-refractivity contribution in [2.45, 2.75) is 18.9 Å². The lowest BCUT2D eigenvalue weighted by Gasteiger charge is -2.27. The average Bonchev–Trinajstić information content (AvgIpc) is 2.94. The van der Waals surface area contributed by atoms with Gasteiger partial charge < -0.3 is 14.7 Å². The fourth-order valence-corrected chi connectivity index (χ4v) is 4.63. The first-order valence-electron chi connectivity index (χ1n) is 6.57. The molecule has 2 aliphatic heterocycles. The van der Waals surface area contributed by atoms with Crippen LogP contribution in [0.15, 0.2) is 0 Å². The highest BCUT2D eigenvalue weighted by atomic mass is 32.2. The highest BCUT2D eigenvalue weighted by Crippen LogP contribution is 2.25. The van der Waals surface area contributed by atoms with Crippen molar-refractivity contribution in [3.63, 3.8) is 0 Å². The molecular formula is C12H19NO6S. The van der Waals surface area contributed by atoms with Crippen molar-refractivity contribution in [2.24, 2.45) is 11.8 Å². The largest absolute Gasteiger partial charge is 0.481 e. The van der Waals surface area contributed by atoms with Crippen molar-refractivity contribution in [3.8, 4) is 0 Å². The van der Waals surface area contributed by atoms with E-state index < -0.39 is 27.8 Å². The van der Waals surface area contributed by atoms with Gasteiger partial charge in [-0.25, -0.2) is 8.42 Å². The van der Waals surface area contributed by atoms with Crippen LogP contribution in [0.2, 0.25) is 0 Å². The minimum Gasteiger partial charge on any atom is -0.481 e. The van der Waals surface area contributed by atoms with Crippen LogP contribution in [0.25, 0.3) is 0 Å². The first kappa shape index (κ1) is 15.2. The van der Waals surface area contributed by atoms with E-state index in [4.69, 9.17) is 9.84 Å². The second kappa shape index (κ2) is 5.69. The van der Waals surface area contributed by atoms with Crippen LogP contribution in [0.4, 0.5) is 0 Å². The molecule has 2 fully saturated rings. The van der Waals surface area contributed by atoms with Crippen molar-refractivity contribution < 1.29 is 27.9 Å². The highest BCUT2D eigenvalue weighted by molar-refractivity contribution is 7.91. The van der Waals surface area contributed by atoms with Gasteiger partial charge in [-0.3, -0.25) is 9.59 Å². The van der Waals surface area contributed by atoms with E-state index >= 15 is 0 Å². The van der Waals surface area contributed by atoms with Crippen LogP contribution in [0.1, 0.15) is 12.8 Å². The van der Waals surface area contributed by atoms with Crippen molar-refractivity contribution in [2.75, 3.05) is 31.8 Å². The molecule has 3 unspecified atom stereocenters. The lowest BCUT2D eigenvalue weighted by atomic mass is 10.00. The monoisotopic (exact) mass is 305 g/mol. The molecule has 7 nitrogen and oxygen atoms in total. The van der Waals surface area contributed by atoms with Crippen LogP contribution in [0.3, 0.4) is 0 Å². The van der Waals surface area contributed by atoms with Crippen LogP contribution >= 0.6 is 0 Å². The van der Waals surface area contributed by atoms with Crippen molar-refractivity contribution >= 4 is 21.7 Å². The molecule has 0 saturated carbocycles. The molecule has 2 heterocycles. The summed E-state index contributed by atoms with van der Waals surface area (Å²) in [5.41, 5.74) is 0. The van der Waals surface area contributed by atoms with Gasteiger partial charge >= 0.3 is 5.97 Å². The molecule has 0 radical (unpaired) electrons. The Morgan fingerprint density at radius 1 is 1.35 bits per heavy atom. The van der Waals surface area contributed by atoms with Crippen LogP contribution < -0.4 is 0 Å². The molecule has 2 saturated heterocycles. The summed E-state index contributed by atoms with van der Waals surface area (Å²) in [6, 6.07) is -0.474. The van der Waals surface area contributed by atoms with E-state index in [0.29, 0.717) is 6.42 Å². The van der Waals surface area contributed by atoms with Crippen LogP contribution in [0.5, 0.6) is 0 Å². The Morgan fingerprint density at radius 2 is 2.05 bits per heavy atom. The number of carboxylic acid groups (broad SMARTS) is 1. The van der Waals surface area contributed by atoms with Gasteiger partial charge in [-0.05, 0) is 12.3 Å². The number of amides is 1. The van der Waals surface area contributed by atoms with Crippen molar-refractivity contribution in [1.29, 1.82) is 0 Å². The Kier molecular flexibility index (Phi) is 4.33. The van der Waals surface area contributed by atoms with Gasteiger partial charge in [-0.1, -0.05) is 0 Å². The highest BCUT2D eigenvalue weighted by Gasteiger charge is 2.39. The summed E-state index contributed by atoms with van der Waals surface area (Å²) in [7, 11) is -1.44. The Labute approximate surface area is 117 Å². The molecule has 3 atom stereocenters. The van der Waals surface area contributed by atoms with E-state index in [1.165, 1.54) is 4.90 Å². The molecule has 0 aromatic rings. The minimum absolute atomic E-state index is 0.0517. The number of ether oxygens (including phenoxy) is 1. The zero-order chi connectivity index (χ0) is 14.9. The normalized spacial score (nSPS) is 32.1. The molecule has 1 N–H and O–H groups in total. The lowest BCUT2D eigenvalue weighted by molar-refractivity contribution is -0.144. The predicted molar refractivity (Wildman–Crippen MR) is 69.9 cm³/mol. The van der Waals surface area contributed by atoms with Crippen molar-refractivity contribution in [1.82, 2.24) is 4.90 Å². The minimum atomic E-state index is -3.00. The molecule has 1 amide bonds. The van der Waals surface area contributed by atoms with E-state index in [2.05, 4.69) is 0 Å². The average molecular weight is 305 g/mol. The SMILES string of the molecule is CN(C(=O)CC1CCS(=O)(=O)C1)C1COCC1C(=O)O. The van der Waals surface area contributed by atoms with E-state index in [1.54, 1.807) is 7.05 Å². The maximum Gasteiger partial charge on any atom is 0.311 e. The summed E-state index contributed by atoms with van der Waals surface area (Å²) in [5, 5.41) is 9.07. The van der Waals surface area contributed by atoms with E-state index in [1.807, 2.05) is 0 Å². The number of carbonyl (C=O) groups excluding carboxylic acids is 1. The molecule has 8 heteroatoms. The molecule has 20 heavy (non-hydrogen) atoms. The lowest BCUT2D eigenvalue weighted by Crippen LogP contribution is -2.44.